The molecule has 0 nitrogen and oxygen atoms in total. The van der Waals surface area contributed by atoms with E-state index in [9.17, 15) is 0 Å². The Balaban J connectivity index is 0.737. The molecule has 0 bridgehead atoms. The van der Waals surface area contributed by atoms with Crippen LogP contribution in [-0.4, -0.2) is 0 Å². The fourth-order valence-corrected chi connectivity index (χ4v) is 18.4. The van der Waals surface area contributed by atoms with Crippen LogP contribution >= 0.6 is 0 Å². The van der Waals surface area contributed by atoms with Crippen LogP contribution in [0.4, 0.5) is 0 Å². The molecule has 0 atom stereocenters. The van der Waals surface area contributed by atoms with Crippen molar-refractivity contribution >= 4 is 55.7 Å². The molecule has 0 aliphatic heterocycles. The van der Waals surface area contributed by atoms with Crippen molar-refractivity contribution in [2.45, 2.75) is 0 Å². The Bertz CT molecular complexity index is 6290. The van der Waals surface area contributed by atoms with Crippen molar-refractivity contribution in [3.63, 3.8) is 0 Å². The lowest BCUT2D eigenvalue weighted by Crippen LogP contribution is -1.99. The van der Waals surface area contributed by atoms with E-state index in [1.807, 2.05) is 0 Å². The highest BCUT2D eigenvalue weighted by Crippen LogP contribution is 2.46. The molecule has 0 aliphatic rings. The quantitative estimate of drug-likeness (QED) is 0.0529. The molecular formula is C130H92. The van der Waals surface area contributed by atoms with E-state index in [0.29, 0.717) is 0 Å². The average molecular weight is 1650 g/mol. The fraction of sp³-hybridized carbons (Fsp3) is 0. The van der Waals surface area contributed by atoms with Crippen molar-refractivity contribution in [1.82, 2.24) is 0 Å². The lowest BCUT2D eigenvalue weighted by atomic mass is 9.83. The van der Waals surface area contributed by atoms with Gasteiger partial charge in [0.05, 0.1) is 0 Å². The number of hydrogen-bond acceptors (Lipinski definition) is 0. The summed E-state index contributed by atoms with van der Waals surface area (Å²) in [6.07, 6.45) is 0. The highest BCUT2D eigenvalue weighted by atomic mass is 14.3. The largest absolute Gasteiger partial charge is 0.0622 e. The van der Waals surface area contributed by atoms with E-state index in [-0.39, 0.29) is 0 Å². The summed E-state index contributed by atoms with van der Waals surface area (Å²) in [5, 5.41) is 0. The molecule has 612 valence electrons. The predicted octanol–water partition coefficient (Wildman–Crippen LogP) is 33.4. The van der Waals surface area contributed by atoms with Gasteiger partial charge in [0.25, 0.3) is 0 Å². The van der Waals surface area contributed by atoms with Gasteiger partial charge in [-0.3, -0.25) is 0 Å². The van der Waals surface area contributed by atoms with E-state index in [4.69, 9.17) is 0 Å². The summed E-state index contributed by atoms with van der Waals surface area (Å²) >= 11 is 0. The van der Waals surface area contributed by atoms with E-state index < -0.39 is 0 Å². The molecule has 0 radical (unpaired) electrons. The van der Waals surface area contributed by atoms with Crippen LogP contribution < -0.4 is 0 Å². The van der Waals surface area contributed by atoms with E-state index in [1.165, 1.54) is 44.6 Å². The second-order valence-electron chi connectivity index (χ2n) is 32.8. The Hall–Kier alpha value is -16.9. The maximum atomic E-state index is 2.34. The van der Waals surface area contributed by atoms with Gasteiger partial charge < -0.3 is 0 Å². The summed E-state index contributed by atoms with van der Waals surface area (Å²) in [4.78, 5) is 0. The molecular weight excluding hydrogens is 1560 g/mol. The Labute approximate surface area is 764 Å². The van der Waals surface area contributed by atoms with Crippen LogP contribution in [0.5, 0.6) is 0 Å². The van der Waals surface area contributed by atoms with Crippen molar-refractivity contribution in [1.29, 1.82) is 0 Å². The highest BCUT2D eigenvalue weighted by molar-refractivity contribution is 6.10. The van der Waals surface area contributed by atoms with Gasteiger partial charge >= 0.3 is 0 Å². The normalized spacial score (nSPS) is 10.9. The molecule has 20 aromatic carbocycles. The van der Waals surface area contributed by atoms with Gasteiger partial charge in [-0.15, -0.1) is 0 Å². The predicted molar refractivity (Wildman–Crippen MR) is 550 cm³/mol. The molecule has 20 aromatic rings. The second kappa shape index (κ2) is 38.7. The lowest BCUT2D eigenvalue weighted by Gasteiger charge is -2.20. The summed E-state index contributed by atoms with van der Waals surface area (Å²) in [7, 11) is 0. The molecule has 0 unspecified atom stereocenters. The minimum atomic E-state index is 1.09. The van der Waals surface area contributed by atoms with Gasteiger partial charge in [-0.1, -0.05) is 558 Å². The van der Waals surface area contributed by atoms with Gasteiger partial charge in [-0.25, -0.2) is 0 Å². The first-order valence-corrected chi connectivity index (χ1v) is 44.7. The SMILES string of the molecule is c1ccc(C(=C(c2ccccc2)c2ccc(-c3ccc(C(=C(c4ccc(-c5ccc(C(=C(c6ccccc6)c6ccccc6)c6ccccc6)cc5)cc4)c4ccc(-c5ccc(C(=C(c6ccccc6)c6ccccc6)c6ccccc6)cc5)cc4)c4ccc(-c5ccc(C(=C(c6ccccc6)c6ccccc6)c6ccccc6)cc5)cc4)cc3)cc2)c2ccccc2)cc1. The first-order valence-electron chi connectivity index (χ1n) is 44.7. The topological polar surface area (TPSA) is 0 Å². The van der Waals surface area contributed by atoms with Gasteiger partial charge in [0.1, 0.15) is 0 Å². The van der Waals surface area contributed by atoms with Crippen LogP contribution in [0.15, 0.2) is 558 Å². The van der Waals surface area contributed by atoms with Crippen molar-refractivity contribution in [2.75, 3.05) is 0 Å². The van der Waals surface area contributed by atoms with Crippen molar-refractivity contribution in [3.8, 4) is 44.5 Å². The molecule has 130 heavy (non-hydrogen) atoms. The first-order chi connectivity index (χ1) is 64.5. The molecule has 0 aromatic heterocycles. The molecule has 0 fully saturated rings. The molecule has 0 N–H and O–H groups in total. The summed E-state index contributed by atoms with van der Waals surface area (Å²) in [5.74, 6) is 0. The van der Waals surface area contributed by atoms with Crippen LogP contribution in [0, 0.1) is 0 Å². The van der Waals surface area contributed by atoms with E-state index in [1.54, 1.807) is 0 Å². The zero-order valence-electron chi connectivity index (χ0n) is 72.1. The molecule has 0 amide bonds. The van der Waals surface area contributed by atoms with Gasteiger partial charge in [-0.05, 0) is 212 Å². The Morgan fingerprint density at radius 1 is 0.0615 bits per heavy atom. The van der Waals surface area contributed by atoms with Crippen LogP contribution in [0.25, 0.3) is 100 Å². The first kappa shape index (κ1) is 81.4. The standard InChI is InChI=1S/C130H92/c1-13-37-101(38-14-1)121(102-39-15-2-16-40-102)125(109-53-29-9-30-54-109)113-77-61-93(62-78-113)97-69-85-117(86-70-97)129(118-87-71-98(72-88-118)94-63-79-114(80-64-94)126(110-55-31-10-32-56-110)122(103-41-17-3-18-42-103)104-43-19-4-20-44-104)130(119-89-73-99(74-90-119)95-65-81-115(82-66-95)127(111-57-33-11-34-58-111)123(105-45-21-5-22-46-105)106-47-23-6-24-48-106)120-91-75-100(76-92-120)96-67-83-116(84-68-96)128(112-59-35-12-36-60-112)124(107-49-25-7-26-50-107)108-51-27-8-28-52-108/h1-92H. The van der Waals surface area contributed by atoms with Crippen LogP contribution in [-0.2, 0) is 0 Å². The zero-order chi connectivity index (χ0) is 87.0. The summed E-state index contributed by atoms with van der Waals surface area (Å²) in [5.41, 5.74) is 43.5. The molecule has 0 aliphatic carbocycles. The van der Waals surface area contributed by atoms with Crippen LogP contribution in [0.3, 0.4) is 0 Å². The summed E-state index contributed by atoms with van der Waals surface area (Å²) < 4.78 is 0. The second-order valence-corrected chi connectivity index (χ2v) is 32.8. The summed E-state index contributed by atoms with van der Waals surface area (Å²) in [6, 6.07) is 204. The average Bonchev–Trinajstić information content (AvgIpc) is 0.767. The smallest absolute Gasteiger partial charge is 0.00268 e. The van der Waals surface area contributed by atoms with Gasteiger partial charge in [-0.2, -0.15) is 0 Å². The fourth-order valence-electron chi connectivity index (χ4n) is 18.4. The van der Waals surface area contributed by atoms with E-state index >= 15 is 0 Å². The Morgan fingerprint density at radius 2 is 0.123 bits per heavy atom. The summed E-state index contributed by atoms with van der Waals surface area (Å²) in [6.45, 7) is 0. The van der Waals surface area contributed by atoms with E-state index in [0.717, 1.165) is 167 Å². The zero-order valence-corrected chi connectivity index (χ0v) is 72.1. The van der Waals surface area contributed by atoms with Gasteiger partial charge in [0.2, 0.25) is 0 Å². The van der Waals surface area contributed by atoms with Crippen molar-refractivity contribution in [3.05, 3.63) is 669 Å². The van der Waals surface area contributed by atoms with E-state index in [2.05, 4.69) is 558 Å². The highest BCUT2D eigenvalue weighted by Gasteiger charge is 2.25. The molecule has 0 saturated heterocycles. The van der Waals surface area contributed by atoms with Crippen molar-refractivity contribution in [2.24, 2.45) is 0 Å². The molecule has 0 heteroatoms. The van der Waals surface area contributed by atoms with Crippen LogP contribution in [0.1, 0.15) is 111 Å². The lowest BCUT2D eigenvalue weighted by molar-refractivity contribution is 1.48. The third kappa shape index (κ3) is 17.8. The molecule has 0 spiro atoms. The number of hydrogen-bond donors (Lipinski definition) is 0. The van der Waals surface area contributed by atoms with Gasteiger partial charge in [0.15, 0.2) is 0 Å². The maximum Gasteiger partial charge on any atom is -0.00268 e. The number of rotatable bonds is 24. The Morgan fingerprint density at radius 3 is 0.192 bits per heavy atom. The molecule has 20 rings (SSSR count). The monoisotopic (exact) mass is 1650 g/mol. The van der Waals surface area contributed by atoms with Crippen LogP contribution in [0.2, 0.25) is 0 Å². The minimum Gasteiger partial charge on any atom is -0.0622 e. The minimum absolute atomic E-state index is 1.09. The molecule has 0 heterocycles. The third-order valence-corrected chi connectivity index (χ3v) is 24.7. The number of benzene rings is 20. The van der Waals surface area contributed by atoms with Gasteiger partial charge in [0, 0.05) is 0 Å². The van der Waals surface area contributed by atoms with Crippen molar-refractivity contribution < 1.29 is 0 Å². The Kier molecular flexibility index (Phi) is 24.2. The maximum absolute atomic E-state index is 2.34. The third-order valence-electron chi connectivity index (χ3n) is 24.7. The molecule has 0 saturated carbocycles.